The summed E-state index contributed by atoms with van der Waals surface area (Å²) in [7, 11) is -2.61. The molecule has 15 heavy (non-hydrogen) atoms. The van der Waals surface area contributed by atoms with Gasteiger partial charge in [0.2, 0.25) is 10.0 Å². The minimum Gasteiger partial charge on any atom is -0.481 e. The van der Waals surface area contributed by atoms with Gasteiger partial charge in [-0.25, -0.2) is 8.42 Å². The van der Waals surface area contributed by atoms with Gasteiger partial charge in [0.25, 0.3) is 0 Å². The SMILES string of the molecule is COC(=O)CS(=O)(=O)N1CC(C(=O)O)C1. The second-order valence-electron chi connectivity index (χ2n) is 3.18. The molecule has 1 rings (SSSR count). The number of rotatable bonds is 4. The van der Waals surface area contributed by atoms with E-state index < -0.39 is 33.6 Å². The Morgan fingerprint density at radius 3 is 2.40 bits per heavy atom. The summed E-state index contributed by atoms with van der Waals surface area (Å²) < 4.78 is 27.9. The molecule has 0 saturated carbocycles. The van der Waals surface area contributed by atoms with Crippen LogP contribution < -0.4 is 0 Å². The van der Waals surface area contributed by atoms with E-state index in [0.29, 0.717) is 0 Å². The van der Waals surface area contributed by atoms with Crippen LogP contribution in [0.25, 0.3) is 0 Å². The first-order valence-corrected chi connectivity index (χ1v) is 5.75. The van der Waals surface area contributed by atoms with Crippen molar-refractivity contribution in [2.24, 2.45) is 5.92 Å². The highest BCUT2D eigenvalue weighted by atomic mass is 32.2. The van der Waals surface area contributed by atoms with Gasteiger partial charge in [0.15, 0.2) is 5.75 Å². The van der Waals surface area contributed by atoms with Gasteiger partial charge in [0.1, 0.15) is 0 Å². The van der Waals surface area contributed by atoms with Crippen molar-refractivity contribution in [2.45, 2.75) is 0 Å². The zero-order valence-corrected chi connectivity index (χ0v) is 8.86. The van der Waals surface area contributed by atoms with E-state index >= 15 is 0 Å². The smallest absolute Gasteiger partial charge is 0.322 e. The summed E-state index contributed by atoms with van der Waals surface area (Å²) >= 11 is 0. The number of esters is 1. The van der Waals surface area contributed by atoms with Gasteiger partial charge in [-0.1, -0.05) is 0 Å². The van der Waals surface area contributed by atoms with Gasteiger partial charge >= 0.3 is 11.9 Å². The highest BCUT2D eigenvalue weighted by Gasteiger charge is 2.40. The Hall–Kier alpha value is -1.15. The number of hydrogen-bond donors (Lipinski definition) is 1. The number of carbonyl (C=O) groups is 2. The predicted octanol–water partition coefficient (Wildman–Crippen LogP) is -1.49. The molecule has 0 amide bonds. The van der Waals surface area contributed by atoms with E-state index in [1.165, 1.54) is 0 Å². The van der Waals surface area contributed by atoms with Crippen molar-refractivity contribution in [3.63, 3.8) is 0 Å². The Kier molecular flexibility index (Phi) is 3.30. The fourth-order valence-corrected chi connectivity index (χ4v) is 2.53. The monoisotopic (exact) mass is 237 g/mol. The van der Waals surface area contributed by atoms with Crippen LogP contribution in [0.4, 0.5) is 0 Å². The van der Waals surface area contributed by atoms with Crippen LogP contribution in [-0.4, -0.2) is 55.7 Å². The van der Waals surface area contributed by atoms with Gasteiger partial charge in [-0.2, -0.15) is 4.31 Å². The summed E-state index contributed by atoms with van der Waals surface area (Å²) in [5.41, 5.74) is 0. The van der Waals surface area contributed by atoms with E-state index in [-0.39, 0.29) is 13.1 Å². The molecule has 86 valence electrons. The van der Waals surface area contributed by atoms with Crippen LogP contribution in [0.3, 0.4) is 0 Å². The molecule has 1 aliphatic rings. The number of hydrogen-bond acceptors (Lipinski definition) is 5. The van der Waals surface area contributed by atoms with Crippen LogP contribution in [-0.2, 0) is 24.3 Å². The Bertz CT molecular complexity index is 369. The number of carboxylic acid groups (broad SMARTS) is 1. The zero-order chi connectivity index (χ0) is 11.6. The van der Waals surface area contributed by atoms with Gasteiger partial charge in [-0.05, 0) is 0 Å². The number of carbonyl (C=O) groups excluding carboxylic acids is 1. The normalized spacial score (nSPS) is 18.2. The standard InChI is InChI=1S/C7H11NO6S/c1-14-6(9)4-15(12,13)8-2-5(3-8)7(10)11/h5H,2-4H2,1H3,(H,10,11). The van der Waals surface area contributed by atoms with Crippen LogP contribution in [0.1, 0.15) is 0 Å². The van der Waals surface area contributed by atoms with Gasteiger partial charge in [-0.3, -0.25) is 9.59 Å². The van der Waals surface area contributed by atoms with Crippen molar-refractivity contribution in [2.75, 3.05) is 26.0 Å². The molecular formula is C7H11NO6S. The minimum absolute atomic E-state index is 0.0747. The molecule has 1 heterocycles. The van der Waals surface area contributed by atoms with Crippen molar-refractivity contribution in [3.05, 3.63) is 0 Å². The van der Waals surface area contributed by atoms with Gasteiger partial charge in [0, 0.05) is 13.1 Å². The molecule has 0 aromatic carbocycles. The number of nitrogens with zero attached hydrogens (tertiary/aromatic N) is 1. The number of ether oxygens (including phenoxy) is 1. The number of sulfonamides is 1. The molecule has 0 aromatic rings. The lowest BCUT2D eigenvalue weighted by Gasteiger charge is -2.34. The van der Waals surface area contributed by atoms with Crippen LogP contribution in [0.2, 0.25) is 0 Å². The number of methoxy groups -OCH3 is 1. The first kappa shape index (κ1) is 11.9. The average Bonchev–Trinajstić information content (AvgIpc) is 1.98. The fourth-order valence-electron chi connectivity index (χ4n) is 1.12. The molecule has 1 saturated heterocycles. The molecule has 1 N–H and O–H groups in total. The highest BCUT2D eigenvalue weighted by Crippen LogP contribution is 2.19. The van der Waals surface area contributed by atoms with Crippen LogP contribution in [0, 0.1) is 5.92 Å². The molecule has 1 aliphatic heterocycles. The Morgan fingerprint density at radius 2 is 2.00 bits per heavy atom. The van der Waals surface area contributed by atoms with Crippen molar-refractivity contribution in [3.8, 4) is 0 Å². The van der Waals surface area contributed by atoms with E-state index in [1.54, 1.807) is 0 Å². The van der Waals surface area contributed by atoms with E-state index in [4.69, 9.17) is 5.11 Å². The average molecular weight is 237 g/mol. The molecule has 0 aromatic heterocycles. The number of carboxylic acids is 1. The van der Waals surface area contributed by atoms with Crippen molar-refractivity contribution >= 4 is 22.0 Å². The van der Waals surface area contributed by atoms with E-state index in [1.807, 2.05) is 0 Å². The van der Waals surface area contributed by atoms with E-state index in [0.717, 1.165) is 11.4 Å². The third-order valence-electron chi connectivity index (χ3n) is 2.12. The van der Waals surface area contributed by atoms with Crippen molar-refractivity contribution in [1.29, 1.82) is 0 Å². The molecule has 8 heteroatoms. The number of aliphatic carboxylic acids is 1. The summed E-state index contributed by atoms with van der Waals surface area (Å²) in [6, 6.07) is 0. The lowest BCUT2D eigenvalue weighted by Crippen LogP contribution is -2.54. The van der Waals surface area contributed by atoms with Crippen LogP contribution in [0.5, 0.6) is 0 Å². The van der Waals surface area contributed by atoms with Crippen LogP contribution >= 0.6 is 0 Å². The maximum absolute atomic E-state index is 11.4. The second kappa shape index (κ2) is 4.15. The fraction of sp³-hybridized carbons (Fsp3) is 0.714. The lowest BCUT2D eigenvalue weighted by molar-refractivity contribution is -0.145. The molecular weight excluding hydrogens is 226 g/mol. The van der Waals surface area contributed by atoms with Gasteiger partial charge in [-0.15, -0.1) is 0 Å². The first-order chi connectivity index (χ1) is 6.86. The van der Waals surface area contributed by atoms with Crippen molar-refractivity contribution in [1.82, 2.24) is 4.31 Å². The molecule has 0 radical (unpaired) electrons. The van der Waals surface area contributed by atoms with Crippen LogP contribution in [0.15, 0.2) is 0 Å². The lowest BCUT2D eigenvalue weighted by atomic mass is 10.0. The van der Waals surface area contributed by atoms with Gasteiger partial charge < -0.3 is 9.84 Å². The Morgan fingerprint density at radius 1 is 1.47 bits per heavy atom. The summed E-state index contributed by atoms with van der Waals surface area (Å²) in [6.45, 7) is -0.149. The predicted molar refractivity (Wildman–Crippen MR) is 48.5 cm³/mol. The molecule has 0 spiro atoms. The summed E-state index contributed by atoms with van der Waals surface area (Å²) in [5, 5.41) is 8.53. The minimum atomic E-state index is -3.71. The molecule has 0 bridgehead atoms. The third-order valence-corrected chi connectivity index (χ3v) is 3.80. The topological polar surface area (TPSA) is 101 Å². The Balaban J connectivity index is 2.52. The highest BCUT2D eigenvalue weighted by molar-refractivity contribution is 7.89. The Labute approximate surface area is 86.7 Å². The second-order valence-corrected chi connectivity index (χ2v) is 5.15. The van der Waals surface area contributed by atoms with Gasteiger partial charge in [0.05, 0.1) is 13.0 Å². The maximum atomic E-state index is 11.4. The molecule has 1 fully saturated rings. The molecule has 0 aliphatic carbocycles. The first-order valence-electron chi connectivity index (χ1n) is 4.14. The molecule has 0 atom stereocenters. The maximum Gasteiger partial charge on any atom is 0.322 e. The quantitative estimate of drug-likeness (QED) is 0.597. The zero-order valence-electron chi connectivity index (χ0n) is 8.04. The summed E-state index contributed by atoms with van der Waals surface area (Å²) in [5.74, 6) is -3.29. The largest absolute Gasteiger partial charge is 0.481 e. The van der Waals surface area contributed by atoms with E-state index in [2.05, 4.69) is 4.74 Å². The summed E-state index contributed by atoms with van der Waals surface area (Å²) in [4.78, 5) is 21.2. The molecule has 0 unspecified atom stereocenters. The van der Waals surface area contributed by atoms with Crippen molar-refractivity contribution < 1.29 is 27.9 Å². The third kappa shape index (κ3) is 2.66. The van der Waals surface area contributed by atoms with E-state index in [9.17, 15) is 18.0 Å². The molecule has 7 nitrogen and oxygen atoms in total. The summed E-state index contributed by atoms with van der Waals surface area (Å²) in [6.07, 6.45) is 0.